The van der Waals surface area contributed by atoms with Crippen molar-refractivity contribution in [2.75, 3.05) is 78.0 Å². The van der Waals surface area contributed by atoms with Gasteiger partial charge in [0.05, 0.1) is 52.9 Å². The molecule has 0 aliphatic rings. The second-order valence-electron chi connectivity index (χ2n) is 5.25. The number of carbonyl (C=O) groups excluding carboxylic acids is 2. The van der Waals surface area contributed by atoms with Gasteiger partial charge in [-0.3, -0.25) is 9.59 Å². The highest BCUT2D eigenvalue weighted by Gasteiger charge is 2.00. The van der Waals surface area contributed by atoms with E-state index < -0.39 is 0 Å². The minimum Gasteiger partial charge on any atom is -0.379 e. The molecular weight excluding hydrogens is 360 g/mol. The van der Waals surface area contributed by atoms with E-state index in [0.29, 0.717) is 78.8 Å². The van der Waals surface area contributed by atoms with Gasteiger partial charge in [-0.15, -0.1) is 0 Å². The molecule has 0 aliphatic heterocycles. The van der Waals surface area contributed by atoms with Crippen molar-refractivity contribution in [3.05, 3.63) is 0 Å². The maximum absolute atomic E-state index is 11.3. The smallest absolute Gasteiger partial charge is 0.222 e. The average Bonchev–Trinajstić information content (AvgIpc) is 2.63. The van der Waals surface area contributed by atoms with Crippen LogP contribution < -0.4 is 10.6 Å². The van der Waals surface area contributed by atoms with Crippen molar-refractivity contribution in [2.24, 2.45) is 0 Å². The number of hydrogen-bond donors (Lipinski definition) is 2. The summed E-state index contributed by atoms with van der Waals surface area (Å²) < 4.78 is 21.4. The number of thioether (sulfide) groups is 1. The Morgan fingerprint density at radius 1 is 0.731 bits per heavy atom. The van der Waals surface area contributed by atoms with Gasteiger partial charge >= 0.3 is 0 Å². The molecule has 0 spiro atoms. The van der Waals surface area contributed by atoms with Gasteiger partial charge in [0.1, 0.15) is 0 Å². The second kappa shape index (κ2) is 20.4. The van der Waals surface area contributed by atoms with Crippen LogP contribution in [0.4, 0.5) is 0 Å². The van der Waals surface area contributed by atoms with Crippen molar-refractivity contribution in [1.82, 2.24) is 10.6 Å². The minimum atomic E-state index is 0.00186. The molecule has 0 atom stereocenters. The summed E-state index contributed by atoms with van der Waals surface area (Å²) in [6, 6.07) is 0. The Morgan fingerprint density at radius 3 is 1.77 bits per heavy atom. The molecule has 0 bridgehead atoms. The number of ether oxygens (including phenoxy) is 4. The van der Waals surface area contributed by atoms with Crippen LogP contribution in [-0.4, -0.2) is 89.8 Å². The highest BCUT2D eigenvalue weighted by molar-refractivity contribution is 7.98. The van der Waals surface area contributed by atoms with E-state index in [1.807, 2.05) is 13.2 Å². The van der Waals surface area contributed by atoms with Crippen molar-refractivity contribution in [3.63, 3.8) is 0 Å². The third-order valence-corrected chi connectivity index (χ3v) is 3.68. The zero-order valence-electron chi connectivity index (χ0n) is 16.1. The molecule has 9 heteroatoms. The Balaban J connectivity index is 3.11. The zero-order chi connectivity index (χ0) is 19.3. The van der Waals surface area contributed by atoms with Gasteiger partial charge in [-0.2, -0.15) is 11.8 Å². The molecule has 26 heavy (non-hydrogen) atoms. The molecule has 8 nitrogen and oxygen atoms in total. The van der Waals surface area contributed by atoms with Gasteiger partial charge in [0, 0.05) is 31.7 Å². The van der Waals surface area contributed by atoms with E-state index in [0.717, 1.165) is 5.75 Å². The number of carbonyl (C=O) groups is 2. The lowest BCUT2D eigenvalue weighted by Gasteiger charge is -2.08. The number of nitrogens with one attached hydrogen (secondary N) is 2. The molecule has 0 saturated carbocycles. The quantitative estimate of drug-likeness (QED) is 0.307. The van der Waals surface area contributed by atoms with Crippen LogP contribution in [0.1, 0.15) is 19.8 Å². The first-order valence-corrected chi connectivity index (χ1v) is 10.4. The van der Waals surface area contributed by atoms with Crippen LogP contribution in [0.2, 0.25) is 0 Å². The van der Waals surface area contributed by atoms with Gasteiger partial charge in [0.15, 0.2) is 0 Å². The fraction of sp³-hybridized carbons (Fsp3) is 0.882. The van der Waals surface area contributed by atoms with E-state index in [-0.39, 0.29) is 11.8 Å². The molecular formula is C17H34N2O6S. The topological polar surface area (TPSA) is 95.1 Å². The van der Waals surface area contributed by atoms with Crippen molar-refractivity contribution < 1.29 is 28.5 Å². The van der Waals surface area contributed by atoms with Gasteiger partial charge in [-0.05, 0) is 13.2 Å². The van der Waals surface area contributed by atoms with E-state index in [1.165, 1.54) is 0 Å². The van der Waals surface area contributed by atoms with Crippen molar-refractivity contribution in [2.45, 2.75) is 19.8 Å². The summed E-state index contributed by atoms with van der Waals surface area (Å²) in [4.78, 5) is 22.5. The summed E-state index contributed by atoms with van der Waals surface area (Å²) in [6.07, 6.45) is 2.90. The summed E-state index contributed by atoms with van der Waals surface area (Å²) in [5.41, 5.74) is 0. The number of amides is 2. The fourth-order valence-corrected chi connectivity index (χ4v) is 2.15. The van der Waals surface area contributed by atoms with E-state index in [4.69, 9.17) is 18.9 Å². The summed E-state index contributed by atoms with van der Waals surface area (Å²) in [6.45, 7) is 6.85. The molecule has 154 valence electrons. The molecule has 0 aliphatic carbocycles. The maximum Gasteiger partial charge on any atom is 0.222 e. The zero-order valence-corrected chi connectivity index (χ0v) is 16.9. The van der Waals surface area contributed by atoms with Gasteiger partial charge in [-0.25, -0.2) is 0 Å². The van der Waals surface area contributed by atoms with Gasteiger partial charge in [-0.1, -0.05) is 0 Å². The van der Waals surface area contributed by atoms with Crippen LogP contribution in [0, 0.1) is 0 Å². The summed E-state index contributed by atoms with van der Waals surface area (Å²) >= 11 is 1.66. The van der Waals surface area contributed by atoms with Crippen LogP contribution >= 0.6 is 11.8 Å². The standard InChI is InChI=1S/C17H34N2O6S/c1-3-18-16(20)4-7-22-9-11-24-13-14-25-12-10-23-8-6-19-17(21)5-15-26-2/h3-15H2,1-2H3,(H,18,20)(H,19,21). The predicted molar refractivity (Wildman–Crippen MR) is 103 cm³/mol. The first kappa shape index (κ1) is 25.1. The predicted octanol–water partition coefficient (Wildman–Crippen LogP) is 0.448. The van der Waals surface area contributed by atoms with E-state index in [9.17, 15) is 9.59 Å². The Labute approximate surface area is 161 Å². The van der Waals surface area contributed by atoms with Crippen LogP contribution in [0.3, 0.4) is 0 Å². The maximum atomic E-state index is 11.3. The highest BCUT2D eigenvalue weighted by atomic mass is 32.2. The van der Waals surface area contributed by atoms with Crippen LogP contribution in [0.5, 0.6) is 0 Å². The van der Waals surface area contributed by atoms with E-state index >= 15 is 0 Å². The first-order chi connectivity index (χ1) is 12.7. The lowest BCUT2D eigenvalue weighted by atomic mass is 10.4. The number of rotatable bonds is 19. The SMILES string of the molecule is CCNC(=O)CCOCCOCCOCCOCCNC(=O)CCSC. The lowest BCUT2D eigenvalue weighted by molar-refractivity contribution is -0.122. The third kappa shape index (κ3) is 19.5. The second-order valence-corrected chi connectivity index (χ2v) is 6.23. The molecule has 0 fully saturated rings. The molecule has 2 N–H and O–H groups in total. The van der Waals surface area contributed by atoms with Gasteiger partial charge in [0.25, 0.3) is 0 Å². The third-order valence-electron chi connectivity index (χ3n) is 3.07. The van der Waals surface area contributed by atoms with E-state index in [2.05, 4.69) is 10.6 Å². The lowest BCUT2D eigenvalue weighted by Crippen LogP contribution is -2.27. The molecule has 0 aromatic rings. The molecule has 0 heterocycles. The largest absolute Gasteiger partial charge is 0.379 e. The monoisotopic (exact) mass is 394 g/mol. The van der Waals surface area contributed by atoms with Crippen LogP contribution in [0.15, 0.2) is 0 Å². The Kier molecular flexibility index (Phi) is 19.8. The van der Waals surface area contributed by atoms with Crippen molar-refractivity contribution in [3.8, 4) is 0 Å². The van der Waals surface area contributed by atoms with E-state index in [1.54, 1.807) is 11.8 Å². The van der Waals surface area contributed by atoms with Gasteiger partial charge in [0.2, 0.25) is 11.8 Å². The first-order valence-electron chi connectivity index (χ1n) is 9.04. The Bertz CT molecular complexity index is 347. The van der Waals surface area contributed by atoms with Crippen molar-refractivity contribution >= 4 is 23.6 Å². The van der Waals surface area contributed by atoms with Crippen molar-refractivity contribution in [1.29, 1.82) is 0 Å². The molecule has 0 aromatic heterocycles. The summed E-state index contributed by atoms with van der Waals surface area (Å²) in [5.74, 6) is 0.900. The summed E-state index contributed by atoms with van der Waals surface area (Å²) in [5, 5.41) is 5.51. The molecule has 0 saturated heterocycles. The molecule has 2 amide bonds. The molecule has 0 radical (unpaired) electrons. The minimum absolute atomic E-state index is 0.00186. The molecule has 0 aromatic carbocycles. The van der Waals surface area contributed by atoms with Gasteiger partial charge < -0.3 is 29.6 Å². The Morgan fingerprint density at radius 2 is 1.23 bits per heavy atom. The fourth-order valence-electron chi connectivity index (χ4n) is 1.76. The highest BCUT2D eigenvalue weighted by Crippen LogP contribution is 1.94. The normalized spacial score (nSPS) is 10.7. The Hall–Kier alpha value is -0.870. The van der Waals surface area contributed by atoms with Crippen LogP contribution in [0.25, 0.3) is 0 Å². The number of hydrogen-bond acceptors (Lipinski definition) is 7. The molecule has 0 rings (SSSR count). The molecule has 0 unspecified atom stereocenters. The summed E-state index contributed by atoms with van der Waals surface area (Å²) in [7, 11) is 0. The average molecular weight is 395 g/mol. The van der Waals surface area contributed by atoms with Crippen LogP contribution in [-0.2, 0) is 28.5 Å².